The van der Waals surface area contributed by atoms with Crippen LogP contribution in [0.3, 0.4) is 0 Å². The highest BCUT2D eigenvalue weighted by Crippen LogP contribution is 2.21. The van der Waals surface area contributed by atoms with Crippen LogP contribution in [0, 0.1) is 11.3 Å². The van der Waals surface area contributed by atoms with E-state index in [1.807, 2.05) is 65.4 Å². The maximum Gasteiger partial charge on any atom is 0.284 e. The molecule has 0 aliphatic carbocycles. The molecule has 0 aliphatic rings. The van der Waals surface area contributed by atoms with Gasteiger partial charge >= 0.3 is 0 Å². The van der Waals surface area contributed by atoms with Gasteiger partial charge in [-0.15, -0.1) is 0 Å². The Balaban J connectivity index is 2.21. The summed E-state index contributed by atoms with van der Waals surface area (Å²) in [6.07, 6.45) is 1.96. The normalized spacial score (nSPS) is 10.3. The van der Waals surface area contributed by atoms with Crippen LogP contribution in [0.25, 0.3) is 0 Å². The minimum atomic E-state index is 0.00301. The zero-order valence-corrected chi connectivity index (χ0v) is 11.6. The molecule has 0 saturated heterocycles. The molecule has 0 radical (unpaired) electrons. The van der Waals surface area contributed by atoms with Crippen molar-refractivity contribution in [1.29, 1.82) is 5.26 Å². The van der Waals surface area contributed by atoms with Crippen LogP contribution in [0.4, 0.5) is 0 Å². The Morgan fingerprint density at radius 3 is 1.76 bits per heavy atom. The summed E-state index contributed by atoms with van der Waals surface area (Å²) in [7, 11) is 0. The van der Waals surface area contributed by atoms with Gasteiger partial charge in [-0.25, -0.2) is 0 Å². The van der Waals surface area contributed by atoms with Crippen molar-refractivity contribution in [1.82, 2.24) is 0 Å². The summed E-state index contributed by atoms with van der Waals surface area (Å²) >= 11 is 0. The molecule has 1 heterocycles. The summed E-state index contributed by atoms with van der Waals surface area (Å²) in [6, 6.07) is 28.5. The zero-order valence-electron chi connectivity index (χ0n) is 11.6. The molecule has 0 amide bonds. The van der Waals surface area contributed by atoms with Crippen LogP contribution in [0.1, 0.15) is 22.9 Å². The summed E-state index contributed by atoms with van der Waals surface area (Å²) in [6.45, 7) is 0. The van der Waals surface area contributed by atoms with E-state index in [0.29, 0.717) is 5.69 Å². The van der Waals surface area contributed by atoms with Gasteiger partial charge in [0.25, 0.3) is 5.69 Å². The second kappa shape index (κ2) is 6.02. The van der Waals surface area contributed by atoms with Crippen LogP contribution in [0.5, 0.6) is 0 Å². The SMILES string of the molecule is N#Cc1cccc[n+]1C(c1ccccc1)c1ccccc1. The Kier molecular flexibility index (Phi) is 3.75. The van der Waals surface area contributed by atoms with Gasteiger partial charge in [0.15, 0.2) is 12.3 Å². The molecule has 0 fully saturated rings. The maximum atomic E-state index is 9.39. The molecule has 0 unspecified atom stereocenters. The quantitative estimate of drug-likeness (QED) is 0.670. The van der Waals surface area contributed by atoms with E-state index in [-0.39, 0.29) is 6.04 Å². The van der Waals surface area contributed by atoms with Crippen molar-refractivity contribution in [2.45, 2.75) is 6.04 Å². The molecule has 100 valence electrons. The molecule has 0 N–H and O–H groups in total. The van der Waals surface area contributed by atoms with Crippen molar-refractivity contribution in [3.8, 4) is 6.07 Å². The number of nitrogens with zero attached hydrogens (tertiary/aromatic N) is 2. The highest BCUT2D eigenvalue weighted by molar-refractivity contribution is 5.30. The lowest BCUT2D eigenvalue weighted by molar-refractivity contribution is -0.707. The number of aromatic nitrogens is 1. The minimum absolute atomic E-state index is 0.00301. The molecule has 2 heteroatoms. The summed E-state index contributed by atoms with van der Waals surface area (Å²) in [5, 5.41) is 9.39. The Hall–Kier alpha value is -2.92. The molecule has 2 aromatic carbocycles. The average molecular weight is 271 g/mol. The van der Waals surface area contributed by atoms with Crippen LogP contribution in [0.15, 0.2) is 85.1 Å². The maximum absolute atomic E-state index is 9.39. The van der Waals surface area contributed by atoms with Gasteiger partial charge in [0.2, 0.25) is 6.04 Å². The predicted octanol–water partition coefficient (Wildman–Crippen LogP) is 3.48. The Labute approximate surface area is 124 Å². The fourth-order valence-corrected chi connectivity index (χ4v) is 2.56. The molecule has 0 bridgehead atoms. The predicted molar refractivity (Wildman–Crippen MR) is 81.5 cm³/mol. The Morgan fingerprint density at radius 2 is 1.24 bits per heavy atom. The van der Waals surface area contributed by atoms with Crippen LogP contribution in [0.2, 0.25) is 0 Å². The van der Waals surface area contributed by atoms with Crippen molar-refractivity contribution in [3.05, 3.63) is 102 Å². The monoisotopic (exact) mass is 271 g/mol. The fraction of sp³-hybridized carbons (Fsp3) is 0.0526. The first kappa shape index (κ1) is 13.1. The van der Waals surface area contributed by atoms with Crippen molar-refractivity contribution in [2.75, 3.05) is 0 Å². The molecule has 0 aliphatic heterocycles. The van der Waals surface area contributed by atoms with Gasteiger partial charge in [0.1, 0.15) is 0 Å². The van der Waals surface area contributed by atoms with Crippen molar-refractivity contribution >= 4 is 0 Å². The van der Waals surface area contributed by atoms with Gasteiger partial charge in [0.05, 0.1) is 0 Å². The number of pyridine rings is 1. The third-order valence-corrected chi connectivity index (χ3v) is 3.51. The lowest BCUT2D eigenvalue weighted by Gasteiger charge is -2.14. The third kappa shape index (κ3) is 2.68. The average Bonchev–Trinajstić information content (AvgIpc) is 2.58. The van der Waals surface area contributed by atoms with Crippen molar-refractivity contribution in [2.24, 2.45) is 0 Å². The highest BCUT2D eigenvalue weighted by atomic mass is 15.0. The molecule has 2 nitrogen and oxygen atoms in total. The molecular weight excluding hydrogens is 256 g/mol. The summed E-state index contributed by atoms with van der Waals surface area (Å²) in [5.41, 5.74) is 2.98. The standard InChI is InChI=1S/C19H15N2/c20-15-18-13-7-8-14-21(18)19(16-9-3-1-4-10-16)17-11-5-2-6-12-17/h1-14,19H/q+1. The first-order valence-corrected chi connectivity index (χ1v) is 6.90. The Bertz CT molecular complexity index is 719. The summed E-state index contributed by atoms with van der Waals surface area (Å²) in [5.74, 6) is 0. The van der Waals surface area contributed by atoms with E-state index in [1.54, 1.807) is 0 Å². The van der Waals surface area contributed by atoms with E-state index < -0.39 is 0 Å². The minimum Gasteiger partial charge on any atom is -0.186 e. The number of rotatable bonds is 3. The summed E-state index contributed by atoms with van der Waals surface area (Å²) in [4.78, 5) is 0. The van der Waals surface area contributed by atoms with Crippen molar-refractivity contribution in [3.63, 3.8) is 0 Å². The molecular formula is C19H15N2+. The topological polar surface area (TPSA) is 27.7 Å². The van der Waals surface area contributed by atoms with E-state index in [0.717, 1.165) is 11.1 Å². The van der Waals surface area contributed by atoms with Crippen molar-refractivity contribution < 1.29 is 4.57 Å². The molecule has 1 aromatic heterocycles. The lowest BCUT2D eigenvalue weighted by Crippen LogP contribution is -2.43. The number of hydrogen-bond acceptors (Lipinski definition) is 1. The first-order valence-electron chi connectivity index (χ1n) is 6.90. The molecule has 0 spiro atoms. The van der Waals surface area contributed by atoms with Gasteiger partial charge in [-0.05, 0) is 6.07 Å². The van der Waals surface area contributed by atoms with E-state index in [9.17, 15) is 5.26 Å². The highest BCUT2D eigenvalue weighted by Gasteiger charge is 2.25. The number of nitriles is 1. The molecule has 0 saturated carbocycles. The van der Waals surface area contributed by atoms with Crippen LogP contribution in [-0.2, 0) is 0 Å². The third-order valence-electron chi connectivity index (χ3n) is 3.51. The van der Waals surface area contributed by atoms with E-state index >= 15 is 0 Å². The van der Waals surface area contributed by atoms with E-state index in [2.05, 4.69) is 30.3 Å². The molecule has 3 rings (SSSR count). The van der Waals surface area contributed by atoms with E-state index in [4.69, 9.17) is 0 Å². The molecule has 3 aromatic rings. The van der Waals surface area contributed by atoms with Crippen LogP contribution in [-0.4, -0.2) is 0 Å². The van der Waals surface area contributed by atoms with Crippen LogP contribution < -0.4 is 4.57 Å². The molecule has 0 atom stereocenters. The fourth-order valence-electron chi connectivity index (χ4n) is 2.56. The number of benzene rings is 2. The molecule has 21 heavy (non-hydrogen) atoms. The number of hydrogen-bond donors (Lipinski definition) is 0. The zero-order chi connectivity index (χ0) is 14.5. The lowest BCUT2D eigenvalue weighted by atomic mass is 9.98. The van der Waals surface area contributed by atoms with Crippen LogP contribution >= 0.6 is 0 Å². The van der Waals surface area contributed by atoms with Gasteiger partial charge in [-0.1, -0.05) is 60.7 Å². The van der Waals surface area contributed by atoms with Gasteiger partial charge in [-0.2, -0.15) is 9.83 Å². The van der Waals surface area contributed by atoms with Gasteiger partial charge in [-0.3, -0.25) is 0 Å². The van der Waals surface area contributed by atoms with Gasteiger partial charge in [0, 0.05) is 23.3 Å². The second-order valence-corrected chi connectivity index (χ2v) is 4.83. The first-order chi connectivity index (χ1) is 10.4. The second-order valence-electron chi connectivity index (χ2n) is 4.83. The largest absolute Gasteiger partial charge is 0.284 e. The summed E-state index contributed by atoms with van der Waals surface area (Å²) < 4.78 is 2.02. The van der Waals surface area contributed by atoms with E-state index in [1.165, 1.54) is 0 Å². The van der Waals surface area contributed by atoms with Gasteiger partial charge < -0.3 is 0 Å². The smallest absolute Gasteiger partial charge is 0.186 e. The Morgan fingerprint density at radius 1 is 0.714 bits per heavy atom.